The lowest BCUT2D eigenvalue weighted by Gasteiger charge is -2.07. The van der Waals surface area contributed by atoms with E-state index in [-0.39, 0.29) is 11.2 Å². The van der Waals surface area contributed by atoms with Gasteiger partial charge in [-0.3, -0.25) is 4.57 Å². The van der Waals surface area contributed by atoms with Crippen LogP contribution in [0.25, 0.3) is 0 Å². The van der Waals surface area contributed by atoms with Gasteiger partial charge in [-0.25, -0.2) is 8.42 Å². The molecule has 1 aromatic carbocycles. The monoisotopic (exact) mass is 375 g/mol. The van der Waals surface area contributed by atoms with Crippen LogP contribution in [0.1, 0.15) is 30.3 Å². The highest BCUT2D eigenvalue weighted by molar-refractivity contribution is 9.10. The molecule has 2 aromatic rings. The van der Waals surface area contributed by atoms with Crippen molar-refractivity contribution in [3.63, 3.8) is 0 Å². The van der Waals surface area contributed by atoms with Crippen LogP contribution < -0.4 is 0 Å². The summed E-state index contributed by atoms with van der Waals surface area (Å²) < 4.78 is 25.7. The number of nitrogens with zero attached hydrogens (tertiary/aromatic N) is 3. The number of benzene rings is 1. The Hall–Kier alpha value is -0.920. The Balaban J connectivity index is 2.00. The molecule has 0 atom stereocenters. The predicted octanol–water partition coefficient (Wildman–Crippen LogP) is 2.89. The average Bonchev–Trinajstić information content (AvgIpc) is 3.09. The highest BCUT2D eigenvalue weighted by atomic mass is 79.9. The van der Waals surface area contributed by atoms with Crippen LogP contribution in [0, 0.1) is 0 Å². The van der Waals surface area contributed by atoms with E-state index in [1.54, 1.807) is 4.57 Å². The first-order valence-electron chi connectivity index (χ1n) is 6.08. The van der Waals surface area contributed by atoms with Gasteiger partial charge in [0, 0.05) is 27.6 Å². The maximum Gasteiger partial charge on any atom is 0.296 e. The standard InChI is InChI=1S/C12H11BrClN3O2S/c13-9-3-1-2-8(6-9)7-11-15-16-12(20(14,18)19)17(11)10-4-5-10/h1-3,6,10H,4-5,7H2. The Labute approximate surface area is 129 Å². The first-order chi connectivity index (χ1) is 9.45. The summed E-state index contributed by atoms with van der Waals surface area (Å²) in [5.41, 5.74) is 1.03. The first-order valence-corrected chi connectivity index (χ1v) is 9.18. The van der Waals surface area contributed by atoms with Crippen molar-refractivity contribution in [2.24, 2.45) is 0 Å². The molecule has 5 nitrogen and oxygen atoms in total. The van der Waals surface area contributed by atoms with Crippen LogP contribution in [-0.4, -0.2) is 23.2 Å². The van der Waals surface area contributed by atoms with E-state index < -0.39 is 9.05 Å². The normalized spacial score (nSPS) is 15.5. The van der Waals surface area contributed by atoms with E-state index in [2.05, 4.69) is 26.1 Å². The van der Waals surface area contributed by atoms with Gasteiger partial charge in [0.05, 0.1) is 0 Å². The topological polar surface area (TPSA) is 64.8 Å². The zero-order chi connectivity index (χ0) is 14.3. The second kappa shape index (κ2) is 5.13. The van der Waals surface area contributed by atoms with E-state index in [1.807, 2.05) is 24.3 Å². The van der Waals surface area contributed by atoms with Crippen molar-refractivity contribution < 1.29 is 8.42 Å². The Morgan fingerprint density at radius 1 is 1.35 bits per heavy atom. The lowest BCUT2D eigenvalue weighted by Crippen LogP contribution is -2.08. The molecule has 0 spiro atoms. The number of hydrogen-bond acceptors (Lipinski definition) is 4. The van der Waals surface area contributed by atoms with Crippen LogP contribution in [0.4, 0.5) is 0 Å². The molecule has 8 heteroatoms. The van der Waals surface area contributed by atoms with Crippen molar-refractivity contribution in [2.75, 3.05) is 0 Å². The van der Waals surface area contributed by atoms with Gasteiger partial charge in [0.15, 0.2) is 0 Å². The van der Waals surface area contributed by atoms with Crippen molar-refractivity contribution in [3.05, 3.63) is 40.1 Å². The summed E-state index contributed by atoms with van der Waals surface area (Å²) >= 11 is 3.41. The lowest BCUT2D eigenvalue weighted by molar-refractivity contribution is 0.571. The summed E-state index contributed by atoms with van der Waals surface area (Å²) in [7, 11) is 1.55. The van der Waals surface area contributed by atoms with Gasteiger partial charge < -0.3 is 0 Å². The molecule has 1 aliphatic rings. The fourth-order valence-electron chi connectivity index (χ4n) is 2.12. The SMILES string of the molecule is O=S(=O)(Cl)c1nnc(Cc2cccc(Br)c2)n1C1CC1. The summed E-state index contributed by atoms with van der Waals surface area (Å²) in [5, 5.41) is 7.60. The Bertz CT molecular complexity index is 756. The Morgan fingerprint density at radius 2 is 2.10 bits per heavy atom. The second-order valence-electron chi connectivity index (χ2n) is 4.74. The van der Waals surface area contributed by atoms with Crippen LogP contribution in [0.5, 0.6) is 0 Å². The summed E-state index contributed by atoms with van der Waals surface area (Å²) in [5.74, 6) is 0.629. The Kier molecular flexibility index (Phi) is 3.60. The largest absolute Gasteiger partial charge is 0.297 e. The molecule has 0 saturated heterocycles. The molecular weight excluding hydrogens is 366 g/mol. The van der Waals surface area contributed by atoms with Gasteiger partial charge in [0.2, 0.25) is 0 Å². The Morgan fingerprint density at radius 3 is 2.70 bits per heavy atom. The minimum atomic E-state index is -3.87. The fourth-order valence-corrected chi connectivity index (χ4v) is 3.51. The second-order valence-corrected chi connectivity index (χ2v) is 8.12. The zero-order valence-electron chi connectivity index (χ0n) is 10.3. The molecule has 0 radical (unpaired) electrons. The molecule has 0 bridgehead atoms. The maximum atomic E-state index is 11.5. The molecule has 1 aromatic heterocycles. The van der Waals surface area contributed by atoms with Crippen molar-refractivity contribution >= 4 is 35.7 Å². The summed E-state index contributed by atoms with van der Waals surface area (Å²) in [6.45, 7) is 0. The van der Waals surface area contributed by atoms with Crippen LogP contribution >= 0.6 is 26.6 Å². The fraction of sp³-hybridized carbons (Fsp3) is 0.333. The third-order valence-corrected chi connectivity index (χ3v) is 4.74. The molecule has 0 aliphatic heterocycles. The quantitative estimate of drug-likeness (QED) is 0.770. The molecule has 20 heavy (non-hydrogen) atoms. The van der Waals surface area contributed by atoms with Crippen LogP contribution in [0.2, 0.25) is 0 Å². The van der Waals surface area contributed by atoms with E-state index in [1.165, 1.54) is 0 Å². The van der Waals surface area contributed by atoms with Gasteiger partial charge in [0.1, 0.15) is 5.82 Å². The molecule has 1 fully saturated rings. The number of halogens is 2. The van der Waals surface area contributed by atoms with Crippen LogP contribution in [0.3, 0.4) is 0 Å². The van der Waals surface area contributed by atoms with Crippen LogP contribution in [0.15, 0.2) is 33.9 Å². The number of rotatable bonds is 4. The lowest BCUT2D eigenvalue weighted by atomic mass is 10.1. The minimum Gasteiger partial charge on any atom is -0.297 e. The van der Waals surface area contributed by atoms with E-state index in [9.17, 15) is 8.42 Å². The van der Waals surface area contributed by atoms with Crippen molar-refractivity contribution in [3.8, 4) is 0 Å². The molecule has 0 amide bonds. The highest BCUT2D eigenvalue weighted by Crippen LogP contribution is 2.38. The molecule has 1 saturated carbocycles. The summed E-state index contributed by atoms with van der Waals surface area (Å²) in [4.78, 5) is 0. The van der Waals surface area contributed by atoms with Gasteiger partial charge in [-0.2, -0.15) is 0 Å². The summed E-state index contributed by atoms with van der Waals surface area (Å²) in [6, 6.07) is 7.95. The molecular formula is C12H11BrClN3O2S. The molecule has 106 valence electrons. The van der Waals surface area contributed by atoms with Crippen molar-refractivity contribution in [1.29, 1.82) is 0 Å². The molecule has 0 N–H and O–H groups in total. The third kappa shape index (κ3) is 2.89. The molecule has 1 heterocycles. The average molecular weight is 377 g/mol. The smallest absolute Gasteiger partial charge is 0.296 e. The molecule has 3 rings (SSSR count). The summed E-state index contributed by atoms with van der Waals surface area (Å²) in [6.07, 6.45) is 2.39. The van der Waals surface area contributed by atoms with Gasteiger partial charge in [-0.15, -0.1) is 10.2 Å². The van der Waals surface area contributed by atoms with Crippen LogP contribution in [-0.2, 0) is 15.5 Å². The number of hydrogen-bond donors (Lipinski definition) is 0. The van der Waals surface area contributed by atoms with Gasteiger partial charge in [-0.05, 0) is 30.5 Å². The molecule has 1 aliphatic carbocycles. The van der Waals surface area contributed by atoms with Crippen molar-refractivity contribution in [1.82, 2.24) is 14.8 Å². The highest BCUT2D eigenvalue weighted by Gasteiger charge is 2.33. The van der Waals surface area contributed by atoms with E-state index in [0.29, 0.717) is 12.2 Å². The predicted molar refractivity (Wildman–Crippen MR) is 78.3 cm³/mol. The third-order valence-electron chi connectivity index (χ3n) is 3.12. The van der Waals surface area contributed by atoms with Gasteiger partial charge in [0.25, 0.3) is 14.2 Å². The van der Waals surface area contributed by atoms with E-state index in [4.69, 9.17) is 10.7 Å². The van der Waals surface area contributed by atoms with Gasteiger partial charge >= 0.3 is 0 Å². The van der Waals surface area contributed by atoms with E-state index in [0.717, 1.165) is 22.9 Å². The van der Waals surface area contributed by atoms with E-state index >= 15 is 0 Å². The molecule has 0 unspecified atom stereocenters. The zero-order valence-corrected chi connectivity index (χ0v) is 13.5. The van der Waals surface area contributed by atoms with Gasteiger partial charge in [-0.1, -0.05) is 28.1 Å². The maximum absolute atomic E-state index is 11.5. The minimum absolute atomic E-state index is 0.147. The first kappa shape index (κ1) is 14.0. The van der Waals surface area contributed by atoms with Crippen molar-refractivity contribution in [2.45, 2.75) is 30.5 Å². The number of aromatic nitrogens is 3.